The molecule has 1 unspecified atom stereocenters. The second-order valence-corrected chi connectivity index (χ2v) is 7.17. The van der Waals surface area contributed by atoms with E-state index in [4.69, 9.17) is 5.73 Å². The lowest BCUT2D eigenvalue weighted by molar-refractivity contribution is 0.583. The van der Waals surface area contributed by atoms with Crippen molar-refractivity contribution >= 4 is 20.9 Å². The second-order valence-electron chi connectivity index (χ2n) is 5.21. The number of hydrogen-bond acceptors (Lipinski definition) is 3. The molecule has 0 aliphatic carbocycles. The van der Waals surface area contributed by atoms with E-state index < -0.39 is 10.0 Å². The van der Waals surface area contributed by atoms with Crippen LogP contribution in [0.25, 0.3) is 10.9 Å². The summed E-state index contributed by atoms with van der Waals surface area (Å²) < 4.78 is 26.4. The molecule has 0 fully saturated rings. The SMILES string of the molecule is CCCCCS(=O)(=O)n1cc(C(C)N)c2ccccc21. The average Bonchev–Trinajstić information content (AvgIpc) is 2.79. The molecule has 110 valence electrons. The summed E-state index contributed by atoms with van der Waals surface area (Å²) in [5.41, 5.74) is 7.54. The highest BCUT2D eigenvalue weighted by molar-refractivity contribution is 7.90. The zero-order valence-electron chi connectivity index (χ0n) is 12.0. The number of nitrogens with two attached hydrogens (primary N) is 1. The fraction of sp³-hybridized carbons (Fsp3) is 0.467. The Morgan fingerprint density at radius 1 is 1.25 bits per heavy atom. The van der Waals surface area contributed by atoms with E-state index in [1.165, 1.54) is 3.97 Å². The number of hydrogen-bond donors (Lipinski definition) is 1. The largest absolute Gasteiger partial charge is 0.324 e. The highest BCUT2D eigenvalue weighted by Gasteiger charge is 2.19. The molecule has 0 aliphatic heterocycles. The van der Waals surface area contributed by atoms with Crippen LogP contribution in [0.2, 0.25) is 0 Å². The maximum Gasteiger partial charge on any atom is 0.238 e. The average molecular weight is 294 g/mol. The van der Waals surface area contributed by atoms with Gasteiger partial charge in [-0.1, -0.05) is 38.0 Å². The summed E-state index contributed by atoms with van der Waals surface area (Å²) >= 11 is 0. The third-order valence-electron chi connectivity index (χ3n) is 3.50. The van der Waals surface area contributed by atoms with Crippen molar-refractivity contribution in [3.8, 4) is 0 Å². The number of fused-ring (bicyclic) bond motifs is 1. The molecule has 1 atom stereocenters. The summed E-state index contributed by atoms with van der Waals surface area (Å²) in [4.78, 5) is 0. The Balaban J connectivity index is 2.49. The van der Waals surface area contributed by atoms with Crippen molar-refractivity contribution in [1.82, 2.24) is 3.97 Å². The topological polar surface area (TPSA) is 65.1 Å². The van der Waals surface area contributed by atoms with Crippen LogP contribution in [0.15, 0.2) is 30.5 Å². The van der Waals surface area contributed by atoms with E-state index >= 15 is 0 Å². The van der Waals surface area contributed by atoms with Gasteiger partial charge in [0, 0.05) is 17.6 Å². The Hall–Kier alpha value is -1.33. The fourth-order valence-electron chi connectivity index (χ4n) is 2.40. The molecule has 0 radical (unpaired) electrons. The summed E-state index contributed by atoms with van der Waals surface area (Å²) in [6, 6.07) is 7.32. The molecular formula is C15H22N2O2S. The second kappa shape index (κ2) is 5.97. The lowest BCUT2D eigenvalue weighted by atomic mass is 10.1. The van der Waals surface area contributed by atoms with Crippen LogP contribution in [0.4, 0.5) is 0 Å². The molecule has 5 heteroatoms. The summed E-state index contributed by atoms with van der Waals surface area (Å²) in [6.07, 6.45) is 4.31. The number of benzene rings is 1. The van der Waals surface area contributed by atoms with Crippen LogP contribution in [0.5, 0.6) is 0 Å². The highest BCUT2D eigenvalue weighted by atomic mass is 32.2. The first-order valence-corrected chi connectivity index (χ1v) is 8.67. The van der Waals surface area contributed by atoms with Crippen LogP contribution >= 0.6 is 0 Å². The van der Waals surface area contributed by atoms with Gasteiger partial charge >= 0.3 is 0 Å². The molecule has 0 saturated carbocycles. The molecule has 1 heterocycles. The van der Waals surface area contributed by atoms with Gasteiger partial charge in [0.25, 0.3) is 0 Å². The Kier molecular flexibility index (Phi) is 4.50. The van der Waals surface area contributed by atoms with Gasteiger partial charge in [0.1, 0.15) is 0 Å². The van der Waals surface area contributed by atoms with E-state index in [-0.39, 0.29) is 11.8 Å². The molecule has 2 rings (SSSR count). The van der Waals surface area contributed by atoms with Gasteiger partial charge in [0.2, 0.25) is 10.0 Å². The Morgan fingerprint density at radius 2 is 1.95 bits per heavy atom. The van der Waals surface area contributed by atoms with Crippen molar-refractivity contribution in [3.05, 3.63) is 36.0 Å². The molecule has 2 aromatic rings. The molecular weight excluding hydrogens is 272 g/mol. The van der Waals surface area contributed by atoms with E-state index in [2.05, 4.69) is 6.92 Å². The van der Waals surface area contributed by atoms with Crippen molar-refractivity contribution < 1.29 is 8.42 Å². The summed E-state index contributed by atoms with van der Waals surface area (Å²) in [6.45, 7) is 3.93. The quantitative estimate of drug-likeness (QED) is 0.833. The van der Waals surface area contributed by atoms with E-state index in [1.54, 1.807) is 6.20 Å². The van der Waals surface area contributed by atoms with Gasteiger partial charge in [-0.25, -0.2) is 12.4 Å². The number of para-hydroxylation sites is 1. The van der Waals surface area contributed by atoms with E-state index in [0.717, 1.165) is 29.3 Å². The number of rotatable bonds is 6. The Bertz CT molecular complexity index is 687. The minimum absolute atomic E-state index is 0.178. The monoisotopic (exact) mass is 294 g/mol. The molecule has 1 aromatic heterocycles. The summed E-state index contributed by atoms with van der Waals surface area (Å²) in [5.74, 6) is 0.178. The predicted octanol–water partition coefficient (Wildman–Crippen LogP) is 3.03. The van der Waals surface area contributed by atoms with Gasteiger partial charge in [-0.2, -0.15) is 0 Å². The number of unbranched alkanes of at least 4 members (excludes halogenated alkanes) is 2. The van der Waals surface area contributed by atoms with Crippen molar-refractivity contribution in [2.75, 3.05) is 5.75 Å². The Labute approximate surface area is 120 Å². The van der Waals surface area contributed by atoms with E-state index in [0.29, 0.717) is 6.42 Å². The van der Waals surface area contributed by atoms with Gasteiger partial charge in [-0.15, -0.1) is 0 Å². The maximum absolute atomic E-state index is 12.5. The minimum Gasteiger partial charge on any atom is -0.324 e. The van der Waals surface area contributed by atoms with E-state index in [1.807, 2.05) is 31.2 Å². The predicted molar refractivity (Wildman–Crippen MR) is 83.3 cm³/mol. The zero-order chi connectivity index (χ0) is 14.8. The summed E-state index contributed by atoms with van der Waals surface area (Å²) in [7, 11) is -3.31. The summed E-state index contributed by atoms with van der Waals surface area (Å²) in [5, 5.41) is 0.918. The Morgan fingerprint density at radius 3 is 2.60 bits per heavy atom. The molecule has 4 nitrogen and oxygen atoms in total. The zero-order valence-corrected chi connectivity index (χ0v) is 12.9. The van der Waals surface area contributed by atoms with Gasteiger partial charge in [-0.05, 0) is 25.0 Å². The van der Waals surface area contributed by atoms with Crippen LogP contribution in [0.1, 0.15) is 44.7 Å². The highest BCUT2D eigenvalue weighted by Crippen LogP contribution is 2.27. The van der Waals surface area contributed by atoms with Crippen LogP contribution < -0.4 is 5.73 Å². The standard InChI is InChI=1S/C15H22N2O2S/c1-3-4-7-10-20(18,19)17-11-14(12(2)16)13-8-5-6-9-15(13)17/h5-6,8-9,11-12H,3-4,7,10,16H2,1-2H3. The first kappa shape index (κ1) is 15.1. The first-order chi connectivity index (χ1) is 9.47. The third kappa shape index (κ3) is 2.88. The van der Waals surface area contributed by atoms with Crippen LogP contribution in [-0.2, 0) is 10.0 Å². The lowest BCUT2D eigenvalue weighted by Crippen LogP contribution is -2.16. The van der Waals surface area contributed by atoms with Gasteiger partial charge in [-0.3, -0.25) is 0 Å². The van der Waals surface area contributed by atoms with E-state index in [9.17, 15) is 8.42 Å². The van der Waals surface area contributed by atoms with Crippen molar-refractivity contribution in [2.45, 2.75) is 39.2 Å². The maximum atomic E-state index is 12.5. The molecule has 0 bridgehead atoms. The van der Waals surface area contributed by atoms with Crippen LogP contribution in [0, 0.1) is 0 Å². The van der Waals surface area contributed by atoms with Crippen LogP contribution in [-0.4, -0.2) is 18.1 Å². The molecule has 0 spiro atoms. The third-order valence-corrected chi connectivity index (χ3v) is 5.21. The molecule has 0 aliphatic rings. The van der Waals surface area contributed by atoms with Gasteiger partial charge in [0.15, 0.2) is 0 Å². The van der Waals surface area contributed by atoms with Crippen molar-refractivity contribution in [1.29, 1.82) is 0 Å². The van der Waals surface area contributed by atoms with Crippen molar-refractivity contribution in [3.63, 3.8) is 0 Å². The fourth-order valence-corrected chi connectivity index (χ4v) is 3.90. The molecule has 0 amide bonds. The smallest absolute Gasteiger partial charge is 0.238 e. The van der Waals surface area contributed by atoms with Crippen LogP contribution in [0.3, 0.4) is 0 Å². The normalized spacial score (nSPS) is 13.8. The number of aromatic nitrogens is 1. The first-order valence-electron chi connectivity index (χ1n) is 7.06. The molecule has 20 heavy (non-hydrogen) atoms. The van der Waals surface area contributed by atoms with Crippen molar-refractivity contribution in [2.24, 2.45) is 5.73 Å². The van der Waals surface area contributed by atoms with Gasteiger partial charge in [0.05, 0.1) is 11.3 Å². The van der Waals surface area contributed by atoms with Gasteiger partial charge < -0.3 is 5.73 Å². The molecule has 0 saturated heterocycles. The molecule has 2 N–H and O–H groups in total. The molecule has 1 aromatic carbocycles. The number of nitrogens with zero attached hydrogens (tertiary/aromatic N) is 1. The minimum atomic E-state index is -3.31. The lowest BCUT2D eigenvalue weighted by Gasteiger charge is -2.06.